The second kappa shape index (κ2) is 7.89. The average molecular weight is 408 g/mol. The van der Waals surface area contributed by atoms with Gasteiger partial charge in [-0.1, -0.05) is 12.1 Å². The van der Waals surface area contributed by atoms with Crippen molar-refractivity contribution in [1.29, 1.82) is 5.26 Å². The average Bonchev–Trinajstić information content (AvgIpc) is 3.20. The highest BCUT2D eigenvalue weighted by molar-refractivity contribution is 7.16. The lowest BCUT2D eigenvalue weighted by Crippen LogP contribution is -2.56. The molecule has 3 heterocycles. The van der Waals surface area contributed by atoms with E-state index >= 15 is 0 Å². The summed E-state index contributed by atoms with van der Waals surface area (Å²) in [4.78, 5) is 30.3. The fraction of sp³-hybridized carbons (Fsp3) is 0.316. The number of nitrogens with two attached hydrogens (primary N) is 1. The van der Waals surface area contributed by atoms with Crippen LogP contribution in [0.4, 0.5) is 16.6 Å². The summed E-state index contributed by atoms with van der Waals surface area (Å²) in [5.41, 5.74) is 9.90. The van der Waals surface area contributed by atoms with Gasteiger partial charge in [0.25, 0.3) is 0 Å². The SMILES string of the molecule is C[C@H]1CN(C(=O)NCc2ccc(C#N)cc2)CCN1c1nc(N)nc2scnc12. The van der Waals surface area contributed by atoms with E-state index in [2.05, 4.69) is 38.2 Å². The Morgan fingerprint density at radius 3 is 2.86 bits per heavy atom. The Kier molecular flexibility index (Phi) is 5.14. The number of urea groups is 1. The van der Waals surface area contributed by atoms with Crippen LogP contribution in [-0.4, -0.2) is 51.6 Å². The van der Waals surface area contributed by atoms with Gasteiger partial charge in [0.15, 0.2) is 10.6 Å². The zero-order chi connectivity index (χ0) is 20.4. The first-order valence-electron chi connectivity index (χ1n) is 9.20. The van der Waals surface area contributed by atoms with Crippen LogP contribution in [0.2, 0.25) is 0 Å². The summed E-state index contributed by atoms with van der Waals surface area (Å²) in [5, 5.41) is 11.8. The molecule has 10 heteroatoms. The smallest absolute Gasteiger partial charge is 0.317 e. The van der Waals surface area contributed by atoms with E-state index in [0.717, 1.165) is 21.7 Å². The van der Waals surface area contributed by atoms with Crippen molar-refractivity contribution in [3.63, 3.8) is 0 Å². The molecule has 9 nitrogen and oxygen atoms in total. The second-order valence-corrected chi connectivity index (χ2v) is 7.70. The minimum Gasteiger partial charge on any atom is -0.368 e. The van der Waals surface area contributed by atoms with Crippen molar-refractivity contribution in [3.05, 3.63) is 40.9 Å². The van der Waals surface area contributed by atoms with Crippen LogP contribution < -0.4 is 16.0 Å². The molecule has 1 atom stereocenters. The molecule has 2 amide bonds. The Morgan fingerprint density at radius 2 is 2.14 bits per heavy atom. The highest BCUT2D eigenvalue weighted by atomic mass is 32.1. The molecule has 0 unspecified atom stereocenters. The lowest BCUT2D eigenvalue weighted by atomic mass is 10.1. The molecule has 1 aliphatic heterocycles. The normalized spacial score (nSPS) is 16.6. The fourth-order valence-corrected chi connectivity index (χ4v) is 4.07. The molecule has 2 aromatic heterocycles. The summed E-state index contributed by atoms with van der Waals surface area (Å²) < 4.78 is 0. The van der Waals surface area contributed by atoms with E-state index in [0.29, 0.717) is 31.7 Å². The highest BCUT2D eigenvalue weighted by Crippen LogP contribution is 2.28. The first kappa shape index (κ1) is 18.9. The van der Waals surface area contributed by atoms with Gasteiger partial charge in [0.05, 0.1) is 17.1 Å². The Bertz CT molecular complexity index is 1070. The van der Waals surface area contributed by atoms with Crippen LogP contribution in [0.15, 0.2) is 29.8 Å². The molecular weight excluding hydrogens is 388 g/mol. The third-order valence-corrected chi connectivity index (χ3v) is 5.63. The number of amides is 2. The zero-order valence-corrected chi connectivity index (χ0v) is 16.7. The van der Waals surface area contributed by atoms with Crippen molar-refractivity contribution >= 4 is 39.5 Å². The minimum atomic E-state index is -0.109. The Morgan fingerprint density at radius 1 is 1.34 bits per heavy atom. The van der Waals surface area contributed by atoms with Crippen LogP contribution in [0, 0.1) is 11.3 Å². The maximum absolute atomic E-state index is 12.6. The van der Waals surface area contributed by atoms with Crippen LogP contribution in [0.1, 0.15) is 18.1 Å². The first-order chi connectivity index (χ1) is 14.0. The van der Waals surface area contributed by atoms with Gasteiger partial charge < -0.3 is 20.9 Å². The molecule has 148 valence electrons. The number of hydrogen-bond acceptors (Lipinski definition) is 8. The van der Waals surface area contributed by atoms with Crippen LogP contribution in [0.5, 0.6) is 0 Å². The lowest BCUT2D eigenvalue weighted by molar-refractivity contribution is 0.186. The number of piperazine rings is 1. The molecule has 1 aliphatic rings. The molecule has 1 aromatic carbocycles. The third-order valence-electron chi connectivity index (χ3n) is 4.91. The summed E-state index contributed by atoms with van der Waals surface area (Å²) in [6.45, 7) is 4.24. The number of hydrogen-bond donors (Lipinski definition) is 2. The summed E-state index contributed by atoms with van der Waals surface area (Å²) in [6.07, 6.45) is 0. The van der Waals surface area contributed by atoms with Crippen molar-refractivity contribution in [2.75, 3.05) is 30.3 Å². The second-order valence-electron chi connectivity index (χ2n) is 6.87. The third kappa shape index (κ3) is 3.90. The van der Waals surface area contributed by atoms with Gasteiger partial charge >= 0.3 is 6.03 Å². The van der Waals surface area contributed by atoms with E-state index in [4.69, 9.17) is 11.0 Å². The van der Waals surface area contributed by atoms with Crippen LogP contribution in [0.3, 0.4) is 0 Å². The number of nitriles is 1. The van der Waals surface area contributed by atoms with Gasteiger partial charge in [-0.2, -0.15) is 10.2 Å². The number of aromatic nitrogens is 3. The van der Waals surface area contributed by atoms with E-state index in [9.17, 15) is 4.79 Å². The topological polar surface area (TPSA) is 124 Å². The standard InChI is InChI=1S/C19H20N8OS/c1-12-10-26(19(28)22-9-14-4-2-13(8-20)3-5-14)6-7-27(12)16-15-17(29-11-23-15)25-18(21)24-16/h2-5,11-12H,6-7,9-10H2,1H3,(H,22,28)(H2,21,24,25)/t12-/m0/s1. The van der Waals surface area contributed by atoms with Crippen LogP contribution in [-0.2, 0) is 6.54 Å². The minimum absolute atomic E-state index is 0.0589. The number of rotatable bonds is 3. The van der Waals surface area contributed by atoms with Crippen molar-refractivity contribution in [3.8, 4) is 6.07 Å². The quantitative estimate of drug-likeness (QED) is 0.679. The molecule has 29 heavy (non-hydrogen) atoms. The van der Waals surface area contributed by atoms with Gasteiger partial charge in [-0.15, -0.1) is 11.3 Å². The number of thiazole rings is 1. The van der Waals surface area contributed by atoms with Gasteiger partial charge in [0.1, 0.15) is 5.52 Å². The van der Waals surface area contributed by atoms with E-state index in [-0.39, 0.29) is 18.0 Å². The molecule has 1 fully saturated rings. The number of anilines is 2. The van der Waals surface area contributed by atoms with Crippen molar-refractivity contribution < 1.29 is 4.79 Å². The summed E-state index contributed by atoms with van der Waals surface area (Å²) >= 11 is 1.43. The molecule has 3 aromatic rings. The number of carbonyl (C=O) groups is 1. The predicted octanol–water partition coefficient (Wildman–Crippen LogP) is 1.96. The monoisotopic (exact) mass is 408 g/mol. The molecule has 0 radical (unpaired) electrons. The van der Waals surface area contributed by atoms with Crippen molar-refractivity contribution in [2.45, 2.75) is 19.5 Å². The molecule has 0 saturated carbocycles. The first-order valence-corrected chi connectivity index (χ1v) is 10.1. The summed E-state index contributed by atoms with van der Waals surface area (Å²) in [5.74, 6) is 0.949. The zero-order valence-electron chi connectivity index (χ0n) is 15.9. The van der Waals surface area contributed by atoms with E-state index in [1.807, 2.05) is 12.1 Å². The Hall–Kier alpha value is -3.45. The summed E-state index contributed by atoms with van der Waals surface area (Å²) in [7, 11) is 0. The molecule has 3 N–H and O–H groups in total. The number of carbonyl (C=O) groups excluding carboxylic acids is 1. The Labute approximate surface area is 171 Å². The largest absolute Gasteiger partial charge is 0.368 e. The number of nitrogen functional groups attached to an aromatic ring is 1. The number of nitrogens with one attached hydrogen (secondary N) is 1. The lowest BCUT2D eigenvalue weighted by Gasteiger charge is -2.40. The van der Waals surface area contributed by atoms with Gasteiger partial charge in [-0.05, 0) is 24.6 Å². The van der Waals surface area contributed by atoms with E-state index < -0.39 is 0 Å². The number of benzene rings is 1. The number of fused-ring (bicyclic) bond motifs is 1. The molecule has 4 rings (SSSR count). The maximum atomic E-state index is 12.6. The highest BCUT2D eigenvalue weighted by Gasteiger charge is 2.29. The Balaban J connectivity index is 1.40. The van der Waals surface area contributed by atoms with Crippen molar-refractivity contribution in [1.82, 2.24) is 25.2 Å². The van der Waals surface area contributed by atoms with E-state index in [1.54, 1.807) is 22.5 Å². The molecule has 0 bridgehead atoms. The van der Waals surface area contributed by atoms with Gasteiger partial charge in [0.2, 0.25) is 5.95 Å². The van der Waals surface area contributed by atoms with Gasteiger partial charge in [-0.3, -0.25) is 0 Å². The fourth-order valence-electron chi connectivity index (χ4n) is 3.41. The molecular formula is C19H20N8OS. The molecule has 1 saturated heterocycles. The molecule has 0 aliphatic carbocycles. The van der Waals surface area contributed by atoms with Crippen LogP contribution >= 0.6 is 11.3 Å². The number of nitrogens with zero attached hydrogens (tertiary/aromatic N) is 6. The predicted molar refractivity (Wildman–Crippen MR) is 111 cm³/mol. The van der Waals surface area contributed by atoms with Crippen molar-refractivity contribution in [2.24, 2.45) is 0 Å². The van der Waals surface area contributed by atoms with E-state index in [1.165, 1.54) is 11.3 Å². The maximum Gasteiger partial charge on any atom is 0.317 e. The van der Waals surface area contributed by atoms with Crippen LogP contribution in [0.25, 0.3) is 10.3 Å². The molecule has 0 spiro atoms. The van der Waals surface area contributed by atoms with Gasteiger partial charge in [-0.25, -0.2) is 14.8 Å². The summed E-state index contributed by atoms with van der Waals surface area (Å²) in [6, 6.07) is 9.22. The van der Waals surface area contributed by atoms with Gasteiger partial charge in [0, 0.05) is 32.2 Å².